The minimum Gasteiger partial charge on any atom is -0.355 e. The molecule has 1 amide bonds. The molecule has 0 spiro atoms. The first-order chi connectivity index (χ1) is 11.0. The summed E-state index contributed by atoms with van der Waals surface area (Å²) < 4.78 is 25.7. The Kier molecular flexibility index (Phi) is 8.75. The Morgan fingerprint density at radius 3 is 2.57 bits per heavy atom. The van der Waals surface area contributed by atoms with Crippen LogP contribution in [0.25, 0.3) is 0 Å². The molecule has 1 heterocycles. The van der Waals surface area contributed by atoms with Crippen molar-refractivity contribution >= 4 is 15.7 Å². The normalized spacial score (nSPS) is 11.6. The van der Waals surface area contributed by atoms with Crippen molar-refractivity contribution in [3.05, 3.63) is 5.82 Å². The molecule has 1 aromatic rings. The van der Waals surface area contributed by atoms with Crippen LogP contribution in [-0.2, 0) is 26.9 Å². The number of hydrogen-bond acceptors (Lipinski definition) is 6. The molecule has 0 atom stereocenters. The van der Waals surface area contributed by atoms with Crippen LogP contribution < -0.4 is 5.32 Å². The van der Waals surface area contributed by atoms with Gasteiger partial charge in [0, 0.05) is 13.1 Å². The molecule has 1 aromatic heterocycles. The van der Waals surface area contributed by atoms with E-state index in [1.807, 2.05) is 6.92 Å². The van der Waals surface area contributed by atoms with E-state index in [0.29, 0.717) is 13.1 Å². The summed E-state index contributed by atoms with van der Waals surface area (Å²) in [7, 11) is -3.57. The molecule has 0 saturated carbocycles. The lowest BCUT2D eigenvalue weighted by Gasteiger charge is -2.07. The highest BCUT2D eigenvalue weighted by atomic mass is 32.2. The summed E-state index contributed by atoms with van der Waals surface area (Å²) in [5.74, 6) is -1.02. The van der Waals surface area contributed by atoms with Crippen LogP contribution in [0.15, 0.2) is 0 Å². The van der Waals surface area contributed by atoms with Gasteiger partial charge in [0.05, 0.1) is 0 Å². The van der Waals surface area contributed by atoms with E-state index in [1.165, 1.54) is 4.68 Å². The molecule has 0 unspecified atom stereocenters. The van der Waals surface area contributed by atoms with Gasteiger partial charge in [0.1, 0.15) is 11.5 Å². The predicted molar refractivity (Wildman–Crippen MR) is 87.4 cm³/mol. The average molecular weight is 345 g/mol. The summed E-state index contributed by atoms with van der Waals surface area (Å²) in [4.78, 5) is 11.7. The van der Waals surface area contributed by atoms with E-state index in [0.717, 1.165) is 38.5 Å². The molecule has 0 aromatic carbocycles. The molecular formula is C14H27N5O3S. The Bertz CT molecular complexity index is 571. The molecule has 0 radical (unpaired) electrons. The number of aromatic nitrogens is 4. The van der Waals surface area contributed by atoms with Crippen LogP contribution in [0.4, 0.5) is 0 Å². The molecule has 1 N–H and O–H groups in total. The highest BCUT2D eigenvalue weighted by Crippen LogP contribution is 2.04. The smallest absolute Gasteiger partial charge is 0.235 e. The minimum atomic E-state index is -3.57. The summed E-state index contributed by atoms with van der Waals surface area (Å²) in [6.45, 7) is 5.24. The lowest BCUT2D eigenvalue weighted by atomic mass is 10.2. The molecule has 0 fully saturated rings. The maximum atomic E-state index is 12.1. The predicted octanol–water partition coefficient (Wildman–Crippen LogP) is 1.08. The number of sulfone groups is 1. The third-order valence-electron chi connectivity index (χ3n) is 3.38. The fourth-order valence-corrected chi connectivity index (χ4v) is 3.29. The van der Waals surface area contributed by atoms with Gasteiger partial charge in [-0.05, 0) is 23.3 Å². The van der Waals surface area contributed by atoms with Gasteiger partial charge in [0.2, 0.25) is 5.91 Å². The van der Waals surface area contributed by atoms with Crippen LogP contribution in [0, 0.1) is 0 Å². The largest absolute Gasteiger partial charge is 0.355 e. The van der Waals surface area contributed by atoms with Crippen molar-refractivity contribution < 1.29 is 13.2 Å². The molecule has 9 heteroatoms. The van der Waals surface area contributed by atoms with Gasteiger partial charge in [-0.2, -0.15) is 0 Å². The summed E-state index contributed by atoms with van der Waals surface area (Å²) in [6, 6.07) is 0. The Labute approximate surface area is 137 Å². The first kappa shape index (κ1) is 19.5. The standard InChI is InChI=1S/C14H27N5O3S/c1-3-5-7-8-9-15-14(20)12-23(21,22)11-13-16-17-18-19(13)10-6-4-2/h3-12H2,1-2H3,(H,15,20). The molecule has 8 nitrogen and oxygen atoms in total. The van der Waals surface area contributed by atoms with Gasteiger partial charge in [-0.3, -0.25) is 4.79 Å². The van der Waals surface area contributed by atoms with E-state index >= 15 is 0 Å². The summed E-state index contributed by atoms with van der Waals surface area (Å²) in [6.07, 6.45) is 5.98. The Morgan fingerprint density at radius 2 is 1.87 bits per heavy atom. The van der Waals surface area contributed by atoms with Crippen LogP contribution in [0.1, 0.15) is 58.2 Å². The Morgan fingerprint density at radius 1 is 1.13 bits per heavy atom. The monoisotopic (exact) mass is 345 g/mol. The molecular weight excluding hydrogens is 318 g/mol. The van der Waals surface area contributed by atoms with Crippen LogP contribution in [0.2, 0.25) is 0 Å². The lowest BCUT2D eigenvalue weighted by molar-refractivity contribution is -0.118. The molecule has 0 aliphatic heterocycles. The second-order valence-corrected chi connectivity index (χ2v) is 7.68. The van der Waals surface area contributed by atoms with Gasteiger partial charge in [0.25, 0.3) is 0 Å². The maximum Gasteiger partial charge on any atom is 0.235 e. The number of rotatable bonds is 12. The number of hydrogen-bond donors (Lipinski definition) is 1. The molecule has 0 aliphatic carbocycles. The van der Waals surface area contributed by atoms with E-state index in [2.05, 4.69) is 27.8 Å². The number of tetrazole rings is 1. The lowest BCUT2D eigenvalue weighted by Crippen LogP contribution is -2.32. The minimum absolute atomic E-state index is 0.286. The van der Waals surface area contributed by atoms with Crippen molar-refractivity contribution in [3.8, 4) is 0 Å². The van der Waals surface area contributed by atoms with Crippen LogP contribution >= 0.6 is 0 Å². The third-order valence-corrected chi connectivity index (χ3v) is 4.78. The summed E-state index contributed by atoms with van der Waals surface area (Å²) in [5, 5.41) is 13.7. The first-order valence-electron chi connectivity index (χ1n) is 8.20. The number of aryl methyl sites for hydroxylation is 1. The number of unbranched alkanes of at least 4 members (excludes halogenated alkanes) is 4. The van der Waals surface area contributed by atoms with Gasteiger partial charge in [0.15, 0.2) is 15.7 Å². The SMILES string of the molecule is CCCCCCNC(=O)CS(=O)(=O)Cc1nnnn1CCCC. The van der Waals surface area contributed by atoms with Crippen molar-refractivity contribution in [2.75, 3.05) is 12.3 Å². The zero-order valence-electron chi connectivity index (χ0n) is 14.0. The molecule has 0 aliphatic rings. The van der Waals surface area contributed by atoms with Crippen molar-refractivity contribution in [1.29, 1.82) is 0 Å². The second kappa shape index (κ2) is 10.3. The molecule has 132 valence electrons. The van der Waals surface area contributed by atoms with Gasteiger partial charge < -0.3 is 5.32 Å². The highest BCUT2D eigenvalue weighted by molar-refractivity contribution is 7.91. The average Bonchev–Trinajstić information content (AvgIpc) is 2.90. The van der Waals surface area contributed by atoms with Crippen LogP contribution in [0.5, 0.6) is 0 Å². The number of nitrogens with zero attached hydrogens (tertiary/aromatic N) is 4. The molecule has 1 rings (SSSR count). The van der Waals surface area contributed by atoms with Crippen LogP contribution in [0.3, 0.4) is 0 Å². The summed E-state index contributed by atoms with van der Waals surface area (Å²) >= 11 is 0. The zero-order chi connectivity index (χ0) is 17.1. The quantitative estimate of drug-likeness (QED) is 0.568. The van der Waals surface area contributed by atoms with E-state index in [1.54, 1.807) is 0 Å². The highest BCUT2D eigenvalue weighted by Gasteiger charge is 2.21. The van der Waals surface area contributed by atoms with Gasteiger partial charge >= 0.3 is 0 Å². The van der Waals surface area contributed by atoms with Crippen molar-refractivity contribution in [2.45, 2.75) is 64.7 Å². The Balaban J connectivity index is 2.43. The molecule has 23 heavy (non-hydrogen) atoms. The van der Waals surface area contributed by atoms with Crippen molar-refractivity contribution in [2.24, 2.45) is 0 Å². The van der Waals surface area contributed by atoms with E-state index in [4.69, 9.17) is 0 Å². The van der Waals surface area contributed by atoms with E-state index in [9.17, 15) is 13.2 Å². The van der Waals surface area contributed by atoms with Gasteiger partial charge in [-0.15, -0.1) is 5.10 Å². The summed E-state index contributed by atoms with van der Waals surface area (Å²) in [5.41, 5.74) is 0. The number of amides is 1. The van der Waals surface area contributed by atoms with E-state index in [-0.39, 0.29) is 11.6 Å². The zero-order valence-corrected chi connectivity index (χ0v) is 14.8. The van der Waals surface area contributed by atoms with Gasteiger partial charge in [-0.1, -0.05) is 39.5 Å². The topological polar surface area (TPSA) is 107 Å². The maximum absolute atomic E-state index is 12.1. The fraction of sp³-hybridized carbons (Fsp3) is 0.857. The van der Waals surface area contributed by atoms with Gasteiger partial charge in [-0.25, -0.2) is 13.1 Å². The third kappa shape index (κ3) is 8.06. The first-order valence-corrected chi connectivity index (χ1v) is 10.0. The van der Waals surface area contributed by atoms with Crippen LogP contribution in [-0.4, -0.2) is 46.8 Å². The van der Waals surface area contributed by atoms with Crippen molar-refractivity contribution in [3.63, 3.8) is 0 Å². The molecule has 0 bridgehead atoms. The Hall–Kier alpha value is -1.51. The molecule has 0 saturated heterocycles. The van der Waals surface area contributed by atoms with Crippen molar-refractivity contribution in [1.82, 2.24) is 25.5 Å². The number of carbonyl (C=O) groups is 1. The second-order valence-electron chi connectivity index (χ2n) is 5.61. The number of carbonyl (C=O) groups excluding carboxylic acids is 1. The van der Waals surface area contributed by atoms with E-state index < -0.39 is 21.5 Å². The fourth-order valence-electron chi connectivity index (χ4n) is 2.09. The number of nitrogens with one attached hydrogen (secondary N) is 1.